The van der Waals surface area contributed by atoms with Gasteiger partial charge in [0.15, 0.2) is 0 Å². The number of rotatable bonds is 8. The Kier molecular flexibility index (Phi) is 7.42. The molecule has 0 radical (unpaired) electrons. The zero-order chi connectivity index (χ0) is 18.5. The molecule has 0 aromatic heterocycles. The van der Waals surface area contributed by atoms with E-state index in [0.29, 0.717) is 5.92 Å². The first kappa shape index (κ1) is 20.6. The number of carbonyl (C=O) groups excluding carboxylic acids is 1. The molecule has 1 N–H and O–H groups in total. The summed E-state index contributed by atoms with van der Waals surface area (Å²) in [7, 11) is -1.96. The SMILES string of the molecule is CC(C)Cc1ccc(C(NC(=O)CN(C)S(C)(=O)=O)C(C)C)cc1. The number of likely N-dealkylation sites (N-methyl/N-ethyl adjacent to an activating group) is 1. The number of nitrogens with one attached hydrogen (secondary N) is 1. The number of carbonyl (C=O) groups is 1. The van der Waals surface area contributed by atoms with Gasteiger partial charge in [-0.1, -0.05) is 52.0 Å². The van der Waals surface area contributed by atoms with E-state index in [1.54, 1.807) is 0 Å². The lowest BCUT2D eigenvalue weighted by Crippen LogP contribution is -2.40. The molecular formula is C18H30N2O3S. The van der Waals surface area contributed by atoms with E-state index in [-0.39, 0.29) is 24.4 Å². The molecule has 0 saturated heterocycles. The normalized spacial score (nSPS) is 13.5. The summed E-state index contributed by atoms with van der Waals surface area (Å²) in [4.78, 5) is 12.2. The van der Waals surface area contributed by atoms with Gasteiger partial charge >= 0.3 is 0 Å². The maximum atomic E-state index is 12.2. The van der Waals surface area contributed by atoms with Crippen LogP contribution in [0.4, 0.5) is 0 Å². The molecule has 0 aliphatic carbocycles. The summed E-state index contributed by atoms with van der Waals surface area (Å²) in [6, 6.07) is 8.14. The summed E-state index contributed by atoms with van der Waals surface area (Å²) in [6.07, 6.45) is 2.12. The van der Waals surface area contributed by atoms with Gasteiger partial charge in [-0.05, 0) is 29.4 Å². The van der Waals surface area contributed by atoms with Crippen molar-refractivity contribution in [1.82, 2.24) is 9.62 Å². The third-order valence-corrected chi connectivity index (χ3v) is 5.16. The second kappa shape index (κ2) is 8.62. The summed E-state index contributed by atoms with van der Waals surface area (Å²) in [6.45, 7) is 8.26. The molecule has 5 nitrogen and oxygen atoms in total. The molecule has 1 amide bonds. The van der Waals surface area contributed by atoms with Gasteiger partial charge in [-0.15, -0.1) is 0 Å². The quantitative estimate of drug-likeness (QED) is 0.780. The zero-order valence-electron chi connectivity index (χ0n) is 15.5. The van der Waals surface area contributed by atoms with Gasteiger partial charge < -0.3 is 5.32 Å². The Morgan fingerprint density at radius 2 is 1.67 bits per heavy atom. The van der Waals surface area contributed by atoms with Gasteiger partial charge in [0.25, 0.3) is 0 Å². The molecule has 0 aliphatic heterocycles. The van der Waals surface area contributed by atoms with Crippen LogP contribution in [0.2, 0.25) is 0 Å². The van der Waals surface area contributed by atoms with E-state index < -0.39 is 10.0 Å². The molecule has 0 saturated carbocycles. The average molecular weight is 355 g/mol. The lowest BCUT2D eigenvalue weighted by Gasteiger charge is -2.24. The predicted molar refractivity (Wildman–Crippen MR) is 98.2 cm³/mol. The molecule has 1 atom stereocenters. The van der Waals surface area contributed by atoms with Crippen LogP contribution in [0, 0.1) is 11.8 Å². The van der Waals surface area contributed by atoms with Crippen LogP contribution in [0.3, 0.4) is 0 Å². The number of hydrogen-bond donors (Lipinski definition) is 1. The minimum absolute atomic E-state index is 0.140. The highest BCUT2D eigenvalue weighted by Gasteiger charge is 2.21. The lowest BCUT2D eigenvalue weighted by molar-refractivity contribution is -0.122. The Balaban J connectivity index is 2.82. The first-order valence-corrected chi connectivity index (χ1v) is 10.1. The lowest BCUT2D eigenvalue weighted by atomic mass is 9.93. The van der Waals surface area contributed by atoms with Crippen molar-refractivity contribution in [3.8, 4) is 0 Å². The molecule has 0 spiro atoms. The van der Waals surface area contributed by atoms with Crippen LogP contribution >= 0.6 is 0 Å². The van der Waals surface area contributed by atoms with Crippen LogP contribution < -0.4 is 5.32 Å². The topological polar surface area (TPSA) is 66.5 Å². The molecule has 0 aliphatic rings. The molecule has 0 bridgehead atoms. The maximum Gasteiger partial charge on any atom is 0.235 e. The monoisotopic (exact) mass is 354 g/mol. The molecule has 0 fully saturated rings. The van der Waals surface area contributed by atoms with Crippen LogP contribution in [0.5, 0.6) is 0 Å². The molecule has 136 valence electrons. The van der Waals surface area contributed by atoms with Crippen LogP contribution in [-0.4, -0.2) is 38.5 Å². The highest BCUT2D eigenvalue weighted by Crippen LogP contribution is 2.22. The number of benzene rings is 1. The fourth-order valence-corrected chi connectivity index (χ4v) is 2.86. The maximum absolute atomic E-state index is 12.2. The number of hydrogen-bond acceptors (Lipinski definition) is 3. The first-order chi connectivity index (χ1) is 11.0. The van der Waals surface area contributed by atoms with Crippen LogP contribution in [0.25, 0.3) is 0 Å². The molecule has 1 aromatic carbocycles. The first-order valence-electron chi connectivity index (χ1n) is 8.30. The molecule has 0 heterocycles. The highest BCUT2D eigenvalue weighted by molar-refractivity contribution is 7.88. The van der Waals surface area contributed by atoms with Gasteiger partial charge in [0.2, 0.25) is 15.9 Å². The Morgan fingerprint density at radius 3 is 2.08 bits per heavy atom. The third kappa shape index (κ3) is 6.61. The van der Waals surface area contributed by atoms with Crippen molar-refractivity contribution in [3.63, 3.8) is 0 Å². The van der Waals surface area contributed by atoms with Gasteiger partial charge in [0.05, 0.1) is 18.8 Å². The van der Waals surface area contributed by atoms with Crippen molar-refractivity contribution in [2.45, 2.75) is 40.2 Å². The minimum atomic E-state index is -3.36. The minimum Gasteiger partial charge on any atom is -0.348 e. The largest absolute Gasteiger partial charge is 0.348 e. The van der Waals surface area contributed by atoms with Crippen molar-refractivity contribution in [2.75, 3.05) is 19.8 Å². The van der Waals surface area contributed by atoms with Gasteiger partial charge in [0, 0.05) is 7.05 Å². The summed E-state index contributed by atoms with van der Waals surface area (Å²) < 4.78 is 23.9. The summed E-state index contributed by atoms with van der Waals surface area (Å²) in [5.41, 5.74) is 2.31. The fourth-order valence-electron chi connectivity index (χ4n) is 2.51. The van der Waals surface area contributed by atoms with E-state index in [1.807, 2.05) is 26.0 Å². The van der Waals surface area contributed by atoms with Gasteiger partial charge in [-0.3, -0.25) is 4.79 Å². The van der Waals surface area contributed by atoms with Gasteiger partial charge in [0.1, 0.15) is 0 Å². The Bertz CT molecular complexity index is 637. The predicted octanol–water partition coefficient (Wildman–Crippen LogP) is 2.59. The highest BCUT2D eigenvalue weighted by atomic mass is 32.2. The number of nitrogens with zero attached hydrogens (tertiary/aromatic N) is 1. The van der Waals surface area contributed by atoms with Gasteiger partial charge in [-0.2, -0.15) is 4.31 Å². The van der Waals surface area contributed by atoms with Crippen molar-refractivity contribution in [1.29, 1.82) is 0 Å². The molecular weight excluding hydrogens is 324 g/mol. The number of sulfonamides is 1. The molecule has 1 unspecified atom stereocenters. The standard InChI is InChI=1S/C18H30N2O3S/c1-13(2)11-15-7-9-16(10-8-15)18(14(3)4)19-17(21)12-20(5)24(6,22)23/h7-10,13-14,18H,11-12H2,1-6H3,(H,19,21). The fraction of sp³-hybridized carbons (Fsp3) is 0.611. The molecule has 1 aromatic rings. The van der Waals surface area contributed by atoms with E-state index in [2.05, 4.69) is 31.3 Å². The second-order valence-electron chi connectivity index (χ2n) is 7.15. The van der Waals surface area contributed by atoms with Gasteiger partial charge in [-0.25, -0.2) is 8.42 Å². The Morgan fingerprint density at radius 1 is 1.12 bits per heavy atom. The van der Waals surface area contributed by atoms with Crippen molar-refractivity contribution >= 4 is 15.9 Å². The Labute approximate surface area is 146 Å². The van der Waals surface area contributed by atoms with Crippen molar-refractivity contribution in [2.24, 2.45) is 11.8 Å². The Hall–Kier alpha value is -1.40. The second-order valence-corrected chi connectivity index (χ2v) is 9.24. The van der Waals surface area contributed by atoms with E-state index in [9.17, 15) is 13.2 Å². The van der Waals surface area contributed by atoms with Crippen LogP contribution in [0.15, 0.2) is 24.3 Å². The van der Waals surface area contributed by atoms with Crippen LogP contribution in [0.1, 0.15) is 44.9 Å². The van der Waals surface area contributed by atoms with E-state index in [4.69, 9.17) is 0 Å². The summed E-state index contributed by atoms with van der Waals surface area (Å²) >= 11 is 0. The smallest absolute Gasteiger partial charge is 0.235 e. The summed E-state index contributed by atoms with van der Waals surface area (Å²) in [5, 5.41) is 2.95. The molecule has 6 heteroatoms. The zero-order valence-corrected chi connectivity index (χ0v) is 16.4. The molecule has 24 heavy (non-hydrogen) atoms. The summed E-state index contributed by atoms with van der Waals surface area (Å²) in [5.74, 6) is 0.504. The van der Waals surface area contributed by atoms with E-state index in [0.717, 1.165) is 22.5 Å². The van der Waals surface area contributed by atoms with Crippen molar-refractivity contribution in [3.05, 3.63) is 35.4 Å². The average Bonchev–Trinajstić information content (AvgIpc) is 2.44. The van der Waals surface area contributed by atoms with E-state index >= 15 is 0 Å². The number of amides is 1. The van der Waals surface area contributed by atoms with Crippen LogP contribution in [-0.2, 0) is 21.2 Å². The van der Waals surface area contributed by atoms with Crippen molar-refractivity contribution < 1.29 is 13.2 Å². The third-order valence-electron chi connectivity index (χ3n) is 3.90. The van der Waals surface area contributed by atoms with E-state index in [1.165, 1.54) is 12.6 Å². The molecule has 1 rings (SSSR count).